The van der Waals surface area contributed by atoms with Crippen LogP contribution in [0.1, 0.15) is 27.1 Å². The van der Waals surface area contributed by atoms with Crippen molar-refractivity contribution in [2.45, 2.75) is 12.5 Å². The number of fused-ring (bicyclic) bond motifs is 1. The third-order valence-electron chi connectivity index (χ3n) is 3.55. The van der Waals surface area contributed by atoms with E-state index < -0.39 is 27.7 Å². The van der Waals surface area contributed by atoms with Crippen molar-refractivity contribution in [3.8, 4) is 0 Å². The van der Waals surface area contributed by atoms with E-state index in [1.807, 2.05) is 0 Å². The number of sulfone groups is 1. The molecular weight excluding hydrogens is 268 g/mol. The number of hydrogen-bond donors (Lipinski definition) is 1. The number of amides is 2. The van der Waals surface area contributed by atoms with Crippen molar-refractivity contribution in [1.82, 2.24) is 4.90 Å². The van der Waals surface area contributed by atoms with Crippen molar-refractivity contribution in [3.05, 3.63) is 29.3 Å². The van der Waals surface area contributed by atoms with Gasteiger partial charge in [-0.05, 0) is 18.6 Å². The van der Waals surface area contributed by atoms with Crippen molar-refractivity contribution in [2.24, 2.45) is 0 Å². The zero-order chi connectivity index (χ0) is 13.8. The zero-order valence-corrected chi connectivity index (χ0v) is 10.8. The monoisotopic (exact) mass is 280 g/mol. The molecule has 2 amide bonds. The van der Waals surface area contributed by atoms with Crippen LogP contribution in [0.25, 0.3) is 0 Å². The van der Waals surface area contributed by atoms with E-state index in [2.05, 4.69) is 0 Å². The number of benzene rings is 1. The summed E-state index contributed by atoms with van der Waals surface area (Å²) < 4.78 is 23.0. The molecule has 2 N–H and O–H groups in total. The molecule has 1 fully saturated rings. The summed E-state index contributed by atoms with van der Waals surface area (Å²) in [6.45, 7) is 0. The third-order valence-corrected chi connectivity index (χ3v) is 5.30. The van der Waals surface area contributed by atoms with E-state index in [1.165, 1.54) is 6.07 Å². The van der Waals surface area contributed by atoms with Crippen molar-refractivity contribution in [1.29, 1.82) is 0 Å². The number of nitrogens with two attached hydrogens (primary N) is 1. The van der Waals surface area contributed by atoms with Gasteiger partial charge in [0, 0.05) is 5.69 Å². The van der Waals surface area contributed by atoms with Gasteiger partial charge < -0.3 is 5.73 Å². The van der Waals surface area contributed by atoms with Gasteiger partial charge in [0.15, 0.2) is 9.84 Å². The van der Waals surface area contributed by atoms with Gasteiger partial charge in [-0.15, -0.1) is 0 Å². The van der Waals surface area contributed by atoms with E-state index in [0.717, 1.165) is 4.90 Å². The molecule has 1 unspecified atom stereocenters. The van der Waals surface area contributed by atoms with Gasteiger partial charge in [0.05, 0.1) is 28.7 Å². The van der Waals surface area contributed by atoms with Crippen LogP contribution in [0.4, 0.5) is 5.69 Å². The van der Waals surface area contributed by atoms with E-state index in [1.54, 1.807) is 12.1 Å². The lowest BCUT2D eigenvalue weighted by Crippen LogP contribution is -2.40. The maximum absolute atomic E-state index is 12.3. The number of carbonyl (C=O) groups excluding carboxylic acids is 2. The first-order valence-electron chi connectivity index (χ1n) is 5.87. The van der Waals surface area contributed by atoms with Gasteiger partial charge in [0.25, 0.3) is 11.8 Å². The standard InChI is InChI=1S/C12H12N2O4S/c13-9-3-1-2-8-10(9)12(16)14(11(8)15)7-4-5-19(17,18)6-7/h1-3,7H,4-6,13H2. The second-order valence-corrected chi connectivity index (χ2v) is 7.04. The molecule has 2 heterocycles. The predicted molar refractivity (Wildman–Crippen MR) is 68.4 cm³/mol. The first-order chi connectivity index (χ1) is 8.91. The molecule has 0 saturated carbocycles. The highest BCUT2D eigenvalue weighted by atomic mass is 32.2. The molecule has 0 radical (unpaired) electrons. The third kappa shape index (κ3) is 1.73. The normalized spacial score (nSPS) is 24.8. The lowest BCUT2D eigenvalue weighted by atomic mass is 10.1. The second-order valence-electron chi connectivity index (χ2n) is 4.81. The van der Waals surface area contributed by atoms with Crippen LogP contribution in [-0.2, 0) is 9.84 Å². The van der Waals surface area contributed by atoms with Crippen molar-refractivity contribution in [2.75, 3.05) is 17.2 Å². The van der Waals surface area contributed by atoms with Crippen LogP contribution >= 0.6 is 0 Å². The lowest BCUT2D eigenvalue weighted by molar-refractivity contribution is 0.0601. The van der Waals surface area contributed by atoms with Crippen LogP contribution in [0.15, 0.2) is 18.2 Å². The molecule has 1 aromatic rings. The molecule has 0 spiro atoms. The molecule has 6 nitrogen and oxygen atoms in total. The van der Waals surface area contributed by atoms with Crippen LogP contribution < -0.4 is 5.73 Å². The summed E-state index contributed by atoms with van der Waals surface area (Å²) in [5, 5.41) is 0. The molecule has 1 aromatic carbocycles. The molecular formula is C12H12N2O4S. The summed E-state index contributed by atoms with van der Waals surface area (Å²) in [7, 11) is -3.15. The molecule has 19 heavy (non-hydrogen) atoms. The van der Waals surface area contributed by atoms with E-state index >= 15 is 0 Å². The molecule has 7 heteroatoms. The fraction of sp³-hybridized carbons (Fsp3) is 0.333. The first kappa shape index (κ1) is 12.2. The summed E-state index contributed by atoms with van der Waals surface area (Å²) >= 11 is 0. The molecule has 0 bridgehead atoms. The van der Waals surface area contributed by atoms with Gasteiger partial charge in [-0.2, -0.15) is 0 Å². The Kier molecular flexibility index (Phi) is 2.43. The smallest absolute Gasteiger partial charge is 0.263 e. The first-order valence-corrected chi connectivity index (χ1v) is 7.69. The number of nitrogen functional groups attached to an aromatic ring is 1. The number of rotatable bonds is 1. The number of imide groups is 1. The van der Waals surface area contributed by atoms with Gasteiger partial charge >= 0.3 is 0 Å². The van der Waals surface area contributed by atoms with Crippen LogP contribution in [0.5, 0.6) is 0 Å². The minimum absolute atomic E-state index is 0.0144. The highest BCUT2D eigenvalue weighted by Gasteiger charge is 2.44. The van der Waals surface area contributed by atoms with Gasteiger partial charge in [0.2, 0.25) is 0 Å². The Balaban J connectivity index is 2.02. The van der Waals surface area contributed by atoms with Crippen molar-refractivity contribution in [3.63, 3.8) is 0 Å². The fourth-order valence-electron chi connectivity index (χ4n) is 2.64. The van der Waals surface area contributed by atoms with Gasteiger partial charge in [-0.25, -0.2) is 8.42 Å². The van der Waals surface area contributed by atoms with Crippen LogP contribution in [0, 0.1) is 0 Å². The summed E-state index contributed by atoms with van der Waals surface area (Å²) in [5.41, 5.74) is 6.42. The Hall–Kier alpha value is -1.89. The van der Waals surface area contributed by atoms with E-state index in [9.17, 15) is 18.0 Å². The van der Waals surface area contributed by atoms with Crippen molar-refractivity contribution < 1.29 is 18.0 Å². The minimum Gasteiger partial charge on any atom is -0.398 e. The quantitative estimate of drug-likeness (QED) is 0.579. The SMILES string of the molecule is Nc1cccc2c1C(=O)N(C1CCS(=O)(=O)C1)C2=O. The topological polar surface area (TPSA) is 97.5 Å². The predicted octanol–water partition coefficient (Wildman–Crippen LogP) is 0.0519. The molecule has 0 aliphatic carbocycles. The highest BCUT2D eigenvalue weighted by Crippen LogP contribution is 2.31. The van der Waals surface area contributed by atoms with Crippen LogP contribution in [-0.4, -0.2) is 42.7 Å². The molecule has 3 rings (SSSR count). The zero-order valence-electron chi connectivity index (χ0n) is 10.00. The Morgan fingerprint density at radius 1 is 1.21 bits per heavy atom. The van der Waals surface area contributed by atoms with E-state index in [0.29, 0.717) is 6.42 Å². The average molecular weight is 280 g/mol. The van der Waals surface area contributed by atoms with Gasteiger partial charge in [-0.3, -0.25) is 14.5 Å². The average Bonchev–Trinajstić information content (AvgIpc) is 2.80. The Morgan fingerprint density at radius 2 is 1.95 bits per heavy atom. The Morgan fingerprint density at radius 3 is 2.53 bits per heavy atom. The highest BCUT2D eigenvalue weighted by molar-refractivity contribution is 7.91. The Bertz CT molecular complexity index is 696. The molecule has 100 valence electrons. The number of hydrogen-bond acceptors (Lipinski definition) is 5. The van der Waals surface area contributed by atoms with Crippen LogP contribution in [0.3, 0.4) is 0 Å². The molecule has 2 aliphatic rings. The Labute approximate surface area is 110 Å². The lowest BCUT2D eigenvalue weighted by Gasteiger charge is -2.20. The summed E-state index contributed by atoms with van der Waals surface area (Å²) in [5.74, 6) is -1.08. The van der Waals surface area contributed by atoms with E-state index in [4.69, 9.17) is 5.73 Å². The minimum atomic E-state index is -3.15. The van der Waals surface area contributed by atoms with E-state index in [-0.39, 0.29) is 28.3 Å². The number of carbonyl (C=O) groups is 2. The second kappa shape index (κ2) is 3.80. The summed E-state index contributed by atoms with van der Waals surface area (Å²) in [6, 6.07) is 4.12. The maximum Gasteiger partial charge on any atom is 0.263 e. The molecule has 0 aromatic heterocycles. The van der Waals surface area contributed by atoms with Gasteiger partial charge in [-0.1, -0.05) is 6.07 Å². The fourth-order valence-corrected chi connectivity index (χ4v) is 4.34. The van der Waals surface area contributed by atoms with Crippen LogP contribution in [0.2, 0.25) is 0 Å². The molecule has 1 atom stereocenters. The number of nitrogens with zero attached hydrogens (tertiary/aromatic N) is 1. The largest absolute Gasteiger partial charge is 0.398 e. The maximum atomic E-state index is 12.3. The summed E-state index contributed by atoms with van der Waals surface area (Å²) in [6.07, 6.45) is 0.299. The van der Waals surface area contributed by atoms with Gasteiger partial charge in [0.1, 0.15) is 0 Å². The number of anilines is 1. The van der Waals surface area contributed by atoms with Crippen molar-refractivity contribution >= 4 is 27.3 Å². The molecule has 2 aliphatic heterocycles. The summed E-state index contributed by atoms with van der Waals surface area (Å²) in [4.78, 5) is 25.5. The molecule has 1 saturated heterocycles.